The third-order valence-electron chi connectivity index (χ3n) is 5.70. The molecule has 1 heterocycles. The van der Waals surface area contributed by atoms with Gasteiger partial charge in [0.1, 0.15) is 24.1 Å². The van der Waals surface area contributed by atoms with Gasteiger partial charge in [-0.15, -0.1) is 12.4 Å². The number of nitrogens with two attached hydrogens (primary N) is 1. The summed E-state index contributed by atoms with van der Waals surface area (Å²) < 4.78 is 18.7. The van der Waals surface area contributed by atoms with E-state index in [4.69, 9.17) is 10.5 Å². The first kappa shape index (κ1) is 30.2. The van der Waals surface area contributed by atoms with Crippen LogP contribution in [0.2, 0.25) is 0 Å². The first-order valence-electron chi connectivity index (χ1n) is 11.5. The third kappa shape index (κ3) is 9.09. The molecule has 9 nitrogen and oxygen atoms in total. The molecule has 1 fully saturated rings. The van der Waals surface area contributed by atoms with E-state index in [1.807, 2.05) is 6.92 Å². The number of β-amino-alcohol motifs (C(OH)–C–C–N with tert-alkyl or cyclic N) is 1. The van der Waals surface area contributed by atoms with Crippen LogP contribution in [0.4, 0.5) is 4.39 Å². The summed E-state index contributed by atoms with van der Waals surface area (Å²) in [5.74, 6) is -1.20. The fourth-order valence-corrected chi connectivity index (χ4v) is 3.69. The lowest BCUT2D eigenvalue weighted by Gasteiger charge is -2.33. The zero-order valence-electron chi connectivity index (χ0n) is 19.5. The predicted molar refractivity (Wildman–Crippen MR) is 127 cm³/mol. The van der Waals surface area contributed by atoms with Crippen molar-refractivity contribution < 1.29 is 34.0 Å². The summed E-state index contributed by atoms with van der Waals surface area (Å²) >= 11 is 0. The van der Waals surface area contributed by atoms with Crippen LogP contribution in [0.5, 0.6) is 0 Å². The van der Waals surface area contributed by atoms with Crippen molar-refractivity contribution in [2.24, 2.45) is 5.73 Å². The molecule has 0 radical (unpaired) electrons. The van der Waals surface area contributed by atoms with Gasteiger partial charge in [0.15, 0.2) is 0 Å². The molecule has 0 saturated carbocycles. The minimum atomic E-state index is -1.54. The number of amides is 2. The number of ether oxygens (including phenoxy) is 1. The summed E-state index contributed by atoms with van der Waals surface area (Å²) in [5.41, 5.74) is 6.24. The highest BCUT2D eigenvalue weighted by atomic mass is 35.5. The van der Waals surface area contributed by atoms with Crippen molar-refractivity contribution in [3.8, 4) is 0 Å². The van der Waals surface area contributed by atoms with E-state index in [2.05, 4.69) is 0 Å². The molecule has 0 aromatic heterocycles. The van der Waals surface area contributed by atoms with Crippen LogP contribution in [0.15, 0.2) is 24.3 Å². The molecular formula is C23H37ClFN3O6. The maximum atomic E-state index is 13.3. The van der Waals surface area contributed by atoms with E-state index in [1.165, 1.54) is 17.0 Å². The summed E-state index contributed by atoms with van der Waals surface area (Å²) in [6.07, 6.45) is -1.76. The second-order valence-corrected chi connectivity index (χ2v) is 8.39. The van der Waals surface area contributed by atoms with Gasteiger partial charge in [0.05, 0.1) is 12.6 Å². The number of carbonyl (C=O) groups is 2. The summed E-state index contributed by atoms with van der Waals surface area (Å²) in [6.45, 7) is 2.47. The number of rotatable bonds is 4. The Bertz CT molecular complexity index is 757. The van der Waals surface area contributed by atoms with Gasteiger partial charge in [-0.3, -0.25) is 9.59 Å². The first-order chi connectivity index (χ1) is 15.7. The van der Waals surface area contributed by atoms with Crippen molar-refractivity contribution in [3.63, 3.8) is 0 Å². The van der Waals surface area contributed by atoms with Gasteiger partial charge in [-0.1, -0.05) is 13.3 Å². The van der Waals surface area contributed by atoms with Gasteiger partial charge in [0.25, 0.3) is 5.91 Å². The van der Waals surface area contributed by atoms with Gasteiger partial charge in [0, 0.05) is 38.3 Å². The third-order valence-corrected chi connectivity index (χ3v) is 5.70. The van der Waals surface area contributed by atoms with E-state index >= 15 is 0 Å². The van der Waals surface area contributed by atoms with Crippen molar-refractivity contribution in [3.05, 3.63) is 35.6 Å². The number of carbonyl (C=O) groups excluding carboxylic acids is 2. The minimum Gasteiger partial charge on any atom is -0.388 e. The number of halogens is 2. The topological polar surface area (TPSA) is 137 Å². The van der Waals surface area contributed by atoms with Crippen LogP contribution in [-0.2, 0) is 9.53 Å². The van der Waals surface area contributed by atoms with E-state index in [0.29, 0.717) is 32.4 Å². The van der Waals surface area contributed by atoms with Crippen molar-refractivity contribution in [2.45, 2.75) is 57.0 Å². The molecule has 4 atom stereocenters. The molecule has 1 aromatic rings. The van der Waals surface area contributed by atoms with Crippen molar-refractivity contribution >= 4 is 24.2 Å². The number of benzene rings is 1. The zero-order chi connectivity index (χ0) is 24.4. The fourth-order valence-electron chi connectivity index (χ4n) is 3.69. The largest absolute Gasteiger partial charge is 0.388 e. The lowest BCUT2D eigenvalue weighted by molar-refractivity contribution is -0.133. The molecular weight excluding hydrogens is 469 g/mol. The second kappa shape index (κ2) is 15.2. The van der Waals surface area contributed by atoms with E-state index in [0.717, 1.165) is 18.6 Å². The second-order valence-electron chi connectivity index (χ2n) is 8.39. The van der Waals surface area contributed by atoms with Crippen molar-refractivity contribution in [2.75, 3.05) is 39.4 Å². The molecule has 1 aliphatic heterocycles. The lowest BCUT2D eigenvalue weighted by atomic mass is 10.1. The van der Waals surface area contributed by atoms with Gasteiger partial charge in [-0.05, 0) is 43.5 Å². The zero-order valence-corrected chi connectivity index (χ0v) is 20.3. The minimum absolute atomic E-state index is 0. The Morgan fingerprint density at radius 3 is 2.38 bits per heavy atom. The Labute approximate surface area is 206 Å². The molecule has 0 aliphatic carbocycles. The number of nitrogens with zero attached hydrogens (tertiary/aromatic N) is 2. The van der Waals surface area contributed by atoms with Gasteiger partial charge < -0.3 is 35.6 Å². The SMILES string of the molecule is CCC[C@H](N)C(=O)N1CCCCOC[C@@H](O)[C@H](O)[C@@H](O)CN(C(=O)c2ccc(F)cc2)CC1.Cl. The highest BCUT2D eigenvalue weighted by Gasteiger charge is 2.30. The van der Waals surface area contributed by atoms with Crippen LogP contribution in [0.25, 0.3) is 0 Å². The Morgan fingerprint density at radius 2 is 1.74 bits per heavy atom. The average Bonchev–Trinajstić information content (AvgIpc) is 2.80. The van der Waals surface area contributed by atoms with E-state index in [1.54, 1.807) is 4.90 Å². The van der Waals surface area contributed by atoms with Crippen molar-refractivity contribution in [1.29, 1.82) is 0 Å². The van der Waals surface area contributed by atoms with E-state index in [-0.39, 0.29) is 50.1 Å². The molecule has 2 rings (SSSR count). The Balaban J connectivity index is 0.00000578. The van der Waals surface area contributed by atoms with E-state index < -0.39 is 36.1 Å². The number of aliphatic hydroxyl groups excluding tert-OH is 3. The Morgan fingerprint density at radius 1 is 1.09 bits per heavy atom. The van der Waals surface area contributed by atoms with Gasteiger partial charge in [-0.2, -0.15) is 0 Å². The molecule has 5 N–H and O–H groups in total. The molecule has 0 unspecified atom stereocenters. The normalized spacial score (nSPS) is 24.0. The fraction of sp³-hybridized carbons (Fsp3) is 0.652. The van der Waals surface area contributed by atoms with Crippen molar-refractivity contribution in [1.82, 2.24) is 9.80 Å². The summed E-state index contributed by atoms with van der Waals surface area (Å²) in [5, 5.41) is 30.9. The van der Waals surface area contributed by atoms with Crippen LogP contribution in [0.3, 0.4) is 0 Å². The van der Waals surface area contributed by atoms with Gasteiger partial charge >= 0.3 is 0 Å². The van der Waals surface area contributed by atoms with Crippen LogP contribution in [-0.4, -0.2) is 101 Å². The average molecular weight is 506 g/mol. The highest BCUT2D eigenvalue weighted by Crippen LogP contribution is 2.12. The predicted octanol–water partition coefficient (Wildman–Crippen LogP) is 0.539. The molecule has 34 heavy (non-hydrogen) atoms. The first-order valence-corrected chi connectivity index (χ1v) is 11.5. The summed E-state index contributed by atoms with van der Waals surface area (Å²) in [6, 6.07) is 4.32. The molecule has 1 aliphatic rings. The molecule has 2 amide bonds. The lowest BCUT2D eigenvalue weighted by Crippen LogP contribution is -2.51. The van der Waals surface area contributed by atoms with Crippen LogP contribution in [0.1, 0.15) is 43.0 Å². The smallest absolute Gasteiger partial charge is 0.254 e. The monoisotopic (exact) mass is 505 g/mol. The number of hydrogen-bond acceptors (Lipinski definition) is 7. The quantitative estimate of drug-likeness (QED) is 0.468. The maximum Gasteiger partial charge on any atom is 0.254 e. The molecule has 11 heteroatoms. The van der Waals surface area contributed by atoms with Crippen LogP contribution in [0, 0.1) is 5.82 Å². The summed E-state index contributed by atoms with van der Waals surface area (Å²) in [7, 11) is 0. The van der Waals surface area contributed by atoms with E-state index in [9.17, 15) is 29.3 Å². The van der Waals surface area contributed by atoms with Gasteiger partial charge in [0.2, 0.25) is 5.91 Å². The molecule has 1 aromatic carbocycles. The van der Waals surface area contributed by atoms with Crippen LogP contribution < -0.4 is 5.73 Å². The molecule has 0 spiro atoms. The highest BCUT2D eigenvalue weighted by molar-refractivity contribution is 5.94. The number of aliphatic hydroxyl groups is 3. The molecule has 194 valence electrons. The number of hydrogen-bond donors (Lipinski definition) is 4. The Hall–Kier alpha value is -1.82. The van der Waals surface area contributed by atoms with Gasteiger partial charge in [-0.25, -0.2) is 4.39 Å². The van der Waals surface area contributed by atoms with Crippen LogP contribution >= 0.6 is 12.4 Å². The maximum absolute atomic E-state index is 13.3. The molecule has 1 saturated heterocycles. The standard InChI is InChI=1S/C23H36FN3O6.ClH/c1-2-5-18(25)23(32)26-10-3-4-13-33-15-20(29)21(30)19(28)14-27(12-11-26)22(31)16-6-8-17(24)9-7-16;/h6-9,18-21,28-30H,2-5,10-15,25H2,1H3;1H/t18-,19-,20+,21+;/m0./s1. The molecule has 0 bridgehead atoms. The summed E-state index contributed by atoms with van der Waals surface area (Å²) in [4.78, 5) is 28.9. The Kier molecular flexibility index (Phi) is 13.5.